The monoisotopic (exact) mass is 297 g/mol. The highest BCUT2D eigenvalue weighted by atomic mass is 19.4. The molecule has 0 aliphatic carbocycles. The number of aromatic nitrogens is 2. The van der Waals surface area contributed by atoms with E-state index in [9.17, 15) is 22.8 Å². The summed E-state index contributed by atoms with van der Waals surface area (Å²) in [4.78, 5) is 27.1. The highest BCUT2D eigenvalue weighted by Crippen LogP contribution is 2.25. The molecule has 0 spiro atoms. The highest BCUT2D eigenvalue weighted by molar-refractivity contribution is 5.90. The smallest absolute Gasteiger partial charge is 0.324 e. The fourth-order valence-electron chi connectivity index (χ4n) is 1.67. The number of hydrogen-bond donors (Lipinski definition) is 1. The molecule has 0 aliphatic rings. The third kappa shape index (κ3) is 3.68. The molecule has 0 radical (unpaired) electrons. The first-order valence-electron chi connectivity index (χ1n) is 5.84. The Hall–Kier alpha value is -2.64. The summed E-state index contributed by atoms with van der Waals surface area (Å²) in [6, 6.07) is 4.79. The van der Waals surface area contributed by atoms with E-state index in [1.54, 1.807) is 0 Å². The number of nitrogens with zero attached hydrogens (tertiary/aromatic N) is 2. The number of hydrogen-bond acceptors (Lipinski definition) is 3. The molecule has 0 atom stereocenters. The SMILES string of the molecule is O=C(Cn1cccc(C(F)(F)F)c1=O)Nc1ccncc1. The number of nitrogens with one attached hydrogen (secondary N) is 1. The van der Waals surface area contributed by atoms with Crippen LogP contribution >= 0.6 is 0 Å². The normalized spacial score (nSPS) is 11.2. The summed E-state index contributed by atoms with van der Waals surface area (Å²) in [7, 11) is 0. The van der Waals surface area contributed by atoms with Crippen molar-refractivity contribution >= 4 is 11.6 Å². The zero-order valence-electron chi connectivity index (χ0n) is 10.6. The standard InChI is InChI=1S/C13H10F3N3O2/c14-13(15,16)10-2-1-7-19(12(10)21)8-11(20)18-9-3-5-17-6-4-9/h1-7H,8H2,(H,17,18,20). The largest absolute Gasteiger partial charge is 0.421 e. The Morgan fingerprint density at radius 3 is 2.52 bits per heavy atom. The van der Waals surface area contributed by atoms with E-state index in [0.717, 1.165) is 12.3 Å². The Kier molecular flexibility index (Phi) is 4.06. The highest BCUT2D eigenvalue weighted by Gasteiger charge is 2.34. The van der Waals surface area contributed by atoms with Crippen LogP contribution in [0.2, 0.25) is 0 Å². The predicted octanol–water partition coefficient (Wildman–Crippen LogP) is 1.90. The molecule has 8 heteroatoms. The van der Waals surface area contributed by atoms with Crippen molar-refractivity contribution in [2.75, 3.05) is 5.32 Å². The zero-order chi connectivity index (χ0) is 15.5. The molecule has 2 aromatic rings. The fourth-order valence-corrected chi connectivity index (χ4v) is 1.67. The average molecular weight is 297 g/mol. The number of rotatable bonds is 3. The maximum atomic E-state index is 12.6. The number of anilines is 1. The van der Waals surface area contributed by atoms with Crippen LogP contribution in [0.25, 0.3) is 0 Å². The van der Waals surface area contributed by atoms with Gasteiger partial charge in [-0.05, 0) is 24.3 Å². The van der Waals surface area contributed by atoms with Crippen LogP contribution in [0.5, 0.6) is 0 Å². The maximum absolute atomic E-state index is 12.6. The fraction of sp³-hybridized carbons (Fsp3) is 0.154. The Balaban J connectivity index is 2.17. The van der Waals surface area contributed by atoms with E-state index in [0.29, 0.717) is 16.3 Å². The van der Waals surface area contributed by atoms with E-state index >= 15 is 0 Å². The molecule has 1 N–H and O–H groups in total. The van der Waals surface area contributed by atoms with Crippen LogP contribution in [0.1, 0.15) is 5.56 Å². The Labute approximate surface area is 117 Å². The predicted molar refractivity (Wildman–Crippen MR) is 68.6 cm³/mol. The summed E-state index contributed by atoms with van der Waals surface area (Å²) in [6.07, 6.45) is -0.719. The number of carbonyl (C=O) groups excluding carboxylic acids is 1. The molecule has 1 amide bonds. The van der Waals surface area contributed by atoms with Gasteiger partial charge in [-0.2, -0.15) is 13.2 Å². The topological polar surface area (TPSA) is 64.0 Å². The molecule has 2 heterocycles. The van der Waals surface area contributed by atoms with E-state index in [-0.39, 0.29) is 0 Å². The molecule has 0 fully saturated rings. The molecule has 2 aromatic heterocycles. The van der Waals surface area contributed by atoms with Crippen molar-refractivity contribution in [2.45, 2.75) is 12.7 Å². The van der Waals surface area contributed by atoms with Crippen LogP contribution < -0.4 is 10.9 Å². The molecular formula is C13H10F3N3O2. The van der Waals surface area contributed by atoms with Crippen LogP contribution in [-0.4, -0.2) is 15.5 Å². The quantitative estimate of drug-likeness (QED) is 0.941. The van der Waals surface area contributed by atoms with Crippen molar-refractivity contribution in [3.05, 3.63) is 58.8 Å². The van der Waals surface area contributed by atoms with Gasteiger partial charge in [0, 0.05) is 24.3 Å². The molecule has 2 rings (SSSR count). The molecule has 21 heavy (non-hydrogen) atoms. The van der Waals surface area contributed by atoms with Gasteiger partial charge in [-0.1, -0.05) is 0 Å². The van der Waals surface area contributed by atoms with Crippen LogP contribution in [0.15, 0.2) is 47.7 Å². The molecule has 0 bridgehead atoms. The molecular weight excluding hydrogens is 287 g/mol. The summed E-state index contributed by atoms with van der Waals surface area (Å²) in [6.45, 7) is -0.509. The third-order valence-corrected chi connectivity index (χ3v) is 2.60. The lowest BCUT2D eigenvalue weighted by atomic mass is 10.2. The Morgan fingerprint density at radius 2 is 1.90 bits per heavy atom. The van der Waals surface area contributed by atoms with Crippen molar-refractivity contribution in [3.8, 4) is 0 Å². The molecule has 5 nitrogen and oxygen atoms in total. The average Bonchev–Trinajstić information content (AvgIpc) is 2.41. The van der Waals surface area contributed by atoms with Gasteiger partial charge in [-0.3, -0.25) is 14.6 Å². The van der Waals surface area contributed by atoms with Gasteiger partial charge in [0.05, 0.1) is 0 Å². The minimum absolute atomic E-state index is 0.440. The first-order chi connectivity index (χ1) is 9.88. The van der Waals surface area contributed by atoms with Gasteiger partial charge < -0.3 is 9.88 Å². The second kappa shape index (κ2) is 5.78. The number of amides is 1. The van der Waals surface area contributed by atoms with Crippen LogP contribution in [0, 0.1) is 0 Å². The summed E-state index contributed by atoms with van der Waals surface area (Å²) in [5, 5.41) is 2.46. The first-order valence-corrected chi connectivity index (χ1v) is 5.84. The van der Waals surface area contributed by atoms with Crippen LogP contribution in [0.3, 0.4) is 0 Å². The van der Waals surface area contributed by atoms with E-state index < -0.39 is 29.8 Å². The van der Waals surface area contributed by atoms with Crippen LogP contribution in [-0.2, 0) is 17.5 Å². The van der Waals surface area contributed by atoms with Crippen molar-refractivity contribution in [2.24, 2.45) is 0 Å². The summed E-state index contributed by atoms with van der Waals surface area (Å²) < 4.78 is 38.5. The van der Waals surface area contributed by atoms with Crippen LogP contribution in [0.4, 0.5) is 18.9 Å². The first kappa shape index (κ1) is 14.8. The Bertz CT molecular complexity index is 696. The molecule has 0 unspecified atom stereocenters. The minimum Gasteiger partial charge on any atom is -0.324 e. The molecule has 0 aromatic carbocycles. The number of halogens is 3. The van der Waals surface area contributed by atoms with Gasteiger partial charge in [0.1, 0.15) is 12.1 Å². The van der Waals surface area contributed by atoms with Gasteiger partial charge in [0.25, 0.3) is 5.56 Å². The lowest BCUT2D eigenvalue weighted by molar-refractivity contribution is -0.139. The van der Waals surface area contributed by atoms with Crippen molar-refractivity contribution in [1.82, 2.24) is 9.55 Å². The molecule has 0 aliphatic heterocycles. The van der Waals surface area contributed by atoms with Crippen molar-refractivity contribution in [3.63, 3.8) is 0 Å². The second-order valence-electron chi connectivity index (χ2n) is 4.14. The molecule has 0 saturated heterocycles. The van der Waals surface area contributed by atoms with Crippen molar-refractivity contribution < 1.29 is 18.0 Å². The van der Waals surface area contributed by atoms with Gasteiger partial charge in [0.2, 0.25) is 5.91 Å². The van der Waals surface area contributed by atoms with E-state index in [1.807, 2.05) is 0 Å². The molecule has 110 valence electrons. The van der Waals surface area contributed by atoms with Gasteiger partial charge in [-0.15, -0.1) is 0 Å². The Morgan fingerprint density at radius 1 is 1.24 bits per heavy atom. The second-order valence-corrected chi connectivity index (χ2v) is 4.14. The van der Waals surface area contributed by atoms with Gasteiger partial charge >= 0.3 is 6.18 Å². The third-order valence-electron chi connectivity index (χ3n) is 2.60. The summed E-state index contributed by atoms with van der Waals surface area (Å²) in [5.41, 5.74) is -2.12. The minimum atomic E-state index is -4.75. The maximum Gasteiger partial charge on any atom is 0.421 e. The number of carbonyl (C=O) groups is 1. The van der Waals surface area contributed by atoms with Gasteiger partial charge in [0.15, 0.2) is 0 Å². The summed E-state index contributed by atoms with van der Waals surface area (Å²) in [5.74, 6) is -0.609. The van der Waals surface area contributed by atoms with Gasteiger partial charge in [-0.25, -0.2) is 0 Å². The lowest BCUT2D eigenvalue weighted by Gasteiger charge is -2.10. The number of pyridine rings is 2. The van der Waals surface area contributed by atoms with E-state index in [2.05, 4.69) is 10.3 Å². The lowest BCUT2D eigenvalue weighted by Crippen LogP contribution is -2.31. The molecule has 0 saturated carbocycles. The zero-order valence-corrected chi connectivity index (χ0v) is 10.6. The van der Waals surface area contributed by atoms with E-state index in [1.165, 1.54) is 24.5 Å². The van der Waals surface area contributed by atoms with Crippen molar-refractivity contribution in [1.29, 1.82) is 0 Å². The van der Waals surface area contributed by atoms with E-state index in [4.69, 9.17) is 0 Å². The number of alkyl halides is 3. The summed E-state index contributed by atoms with van der Waals surface area (Å²) >= 11 is 0.